The molecule has 0 saturated carbocycles. The van der Waals surface area contributed by atoms with Gasteiger partial charge in [-0.2, -0.15) is 0 Å². The minimum Gasteiger partial charge on any atom is -0.507 e. The number of likely N-dealkylation sites (tertiary alicyclic amines) is 2. The van der Waals surface area contributed by atoms with E-state index in [9.17, 15) is 49.8 Å². The highest BCUT2D eigenvalue weighted by molar-refractivity contribution is 5.95. The third-order valence-corrected chi connectivity index (χ3v) is 10.6. The Morgan fingerprint density at radius 3 is 2.35 bits per heavy atom. The number of aliphatic hydroxyl groups is 4. The third-order valence-electron chi connectivity index (χ3n) is 10.6. The van der Waals surface area contributed by atoms with E-state index in [1.54, 1.807) is 39.5 Å². The second-order valence-electron chi connectivity index (χ2n) is 15.6. The Bertz CT molecular complexity index is 1460. The summed E-state index contributed by atoms with van der Waals surface area (Å²) in [4.78, 5) is 54.8. The summed E-state index contributed by atoms with van der Waals surface area (Å²) < 4.78 is 11.8. The van der Waals surface area contributed by atoms with Crippen LogP contribution in [0, 0.1) is 19.8 Å². The molecule has 1 aromatic carbocycles. The van der Waals surface area contributed by atoms with Crippen LogP contribution < -0.4 is 10.6 Å². The van der Waals surface area contributed by atoms with Gasteiger partial charge in [0.1, 0.15) is 23.6 Å². The number of carboxylic acids is 1. The summed E-state index contributed by atoms with van der Waals surface area (Å²) in [5, 5.41) is 69.9. The number of carboxylic acid groups (broad SMARTS) is 1. The van der Waals surface area contributed by atoms with Gasteiger partial charge in [0.25, 0.3) is 5.91 Å². The lowest BCUT2D eigenvalue weighted by Gasteiger charge is -2.50. The molecule has 8 atom stereocenters. The molecule has 0 bridgehead atoms. The number of carbonyl (C=O) groups is 4. The average molecular weight is 737 g/mol. The molecule has 1 aromatic rings. The molecule has 0 radical (unpaired) electrons. The summed E-state index contributed by atoms with van der Waals surface area (Å²) in [5.41, 5.74) is -2.32. The van der Waals surface area contributed by atoms with Gasteiger partial charge in [0, 0.05) is 69.6 Å². The SMILES string of the molecule is CC(=O)N[C@H]1[C@H]([C@H](O)[C@H](O)CNC(=O)c2cc(C)c(O)c(C)c2)O[C@@](CCN2CCCC[C@@]23CN(C(=O)OC(C)(C)C)C[C@H]3CO)(C(=O)O)C[C@@H]1O. The maximum atomic E-state index is 13.1. The molecule has 3 aliphatic heterocycles. The van der Waals surface area contributed by atoms with Crippen molar-refractivity contribution in [2.45, 2.75) is 121 Å². The highest BCUT2D eigenvalue weighted by atomic mass is 16.6. The Labute approximate surface area is 304 Å². The summed E-state index contributed by atoms with van der Waals surface area (Å²) in [6.07, 6.45) is -5.54. The molecule has 3 aliphatic rings. The number of nitrogens with one attached hydrogen (secondary N) is 2. The first-order valence-electron chi connectivity index (χ1n) is 17.9. The van der Waals surface area contributed by atoms with Crippen LogP contribution in [0.15, 0.2) is 12.1 Å². The van der Waals surface area contributed by atoms with E-state index in [-0.39, 0.29) is 49.9 Å². The smallest absolute Gasteiger partial charge is 0.410 e. The molecule has 0 unspecified atom stereocenters. The van der Waals surface area contributed by atoms with Crippen molar-refractivity contribution in [3.8, 4) is 5.75 Å². The van der Waals surface area contributed by atoms with Crippen LogP contribution in [-0.2, 0) is 19.1 Å². The monoisotopic (exact) mass is 736 g/mol. The Morgan fingerprint density at radius 1 is 1.12 bits per heavy atom. The number of aryl methyl sites for hydroxylation is 2. The van der Waals surface area contributed by atoms with Crippen LogP contribution >= 0.6 is 0 Å². The summed E-state index contributed by atoms with van der Waals surface area (Å²) in [5.74, 6) is -2.90. The second kappa shape index (κ2) is 16.2. The van der Waals surface area contributed by atoms with Gasteiger partial charge in [-0.15, -0.1) is 0 Å². The number of aliphatic carboxylic acids is 1. The number of phenolic OH excluding ortho intramolecular Hbond substituents is 1. The minimum atomic E-state index is -2.07. The molecule has 3 heterocycles. The molecule has 1 spiro atoms. The summed E-state index contributed by atoms with van der Waals surface area (Å²) in [6, 6.07) is 1.63. The maximum absolute atomic E-state index is 13.1. The van der Waals surface area contributed by atoms with Gasteiger partial charge in [-0.3, -0.25) is 14.5 Å². The number of carbonyl (C=O) groups excluding carboxylic acids is 3. The lowest BCUT2D eigenvalue weighted by molar-refractivity contribution is -0.230. The number of piperidine rings is 1. The molecule has 3 amide bonds. The van der Waals surface area contributed by atoms with Gasteiger partial charge < -0.3 is 55.6 Å². The minimum absolute atomic E-state index is 0.0422. The Balaban J connectivity index is 1.54. The first-order valence-corrected chi connectivity index (χ1v) is 17.9. The highest BCUT2D eigenvalue weighted by Crippen LogP contribution is 2.43. The largest absolute Gasteiger partial charge is 0.507 e. The van der Waals surface area contributed by atoms with Crippen LogP contribution in [0.1, 0.15) is 81.3 Å². The highest BCUT2D eigenvalue weighted by Gasteiger charge is 2.57. The lowest BCUT2D eigenvalue weighted by Crippen LogP contribution is -2.68. The average Bonchev–Trinajstić information content (AvgIpc) is 3.43. The molecule has 8 N–H and O–H groups in total. The van der Waals surface area contributed by atoms with Crippen LogP contribution in [0.3, 0.4) is 0 Å². The normalized spacial score (nSPS) is 29.4. The van der Waals surface area contributed by atoms with Gasteiger partial charge in [-0.05, 0) is 77.3 Å². The number of aromatic hydroxyl groups is 1. The predicted molar refractivity (Wildman–Crippen MR) is 187 cm³/mol. The topological polar surface area (TPSA) is 239 Å². The van der Waals surface area contributed by atoms with Crippen molar-refractivity contribution in [3.63, 3.8) is 0 Å². The Morgan fingerprint density at radius 2 is 1.77 bits per heavy atom. The van der Waals surface area contributed by atoms with Crippen molar-refractivity contribution < 1.29 is 59.3 Å². The number of nitrogens with zero attached hydrogens (tertiary/aromatic N) is 2. The number of rotatable bonds is 11. The number of hydrogen-bond donors (Lipinski definition) is 8. The second-order valence-corrected chi connectivity index (χ2v) is 15.6. The molecule has 3 fully saturated rings. The summed E-state index contributed by atoms with van der Waals surface area (Å²) in [6.45, 7) is 10.3. The zero-order valence-corrected chi connectivity index (χ0v) is 30.9. The van der Waals surface area contributed by atoms with Crippen LogP contribution in [0.25, 0.3) is 0 Å². The van der Waals surface area contributed by atoms with E-state index in [1.807, 2.05) is 0 Å². The fourth-order valence-electron chi connectivity index (χ4n) is 7.95. The molecule has 52 heavy (non-hydrogen) atoms. The van der Waals surface area contributed by atoms with E-state index in [2.05, 4.69) is 15.5 Å². The molecule has 16 nitrogen and oxygen atoms in total. The summed E-state index contributed by atoms with van der Waals surface area (Å²) in [7, 11) is 0. The van der Waals surface area contributed by atoms with Crippen LogP contribution in [0.5, 0.6) is 5.75 Å². The molecule has 4 rings (SSSR count). The number of amides is 3. The van der Waals surface area contributed by atoms with E-state index >= 15 is 0 Å². The van der Waals surface area contributed by atoms with E-state index in [4.69, 9.17) is 9.47 Å². The van der Waals surface area contributed by atoms with Crippen molar-refractivity contribution in [3.05, 3.63) is 28.8 Å². The first-order chi connectivity index (χ1) is 24.2. The van der Waals surface area contributed by atoms with Crippen molar-refractivity contribution in [1.29, 1.82) is 0 Å². The first kappa shape index (κ1) is 41.2. The molecule has 16 heteroatoms. The molecular formula is C36H56N4O12. The maximum Gasteiger partial charge on any atom is 0.410 e. The zero-order chi connectivity index (χ0) is 38.8. The van der Waals surface area contributed by atoms with E-state index in [1.165, 1.54) is 19.1 Å². The number of phenols is 1. The summed E-state index contributed by atoms with van der Waals surface area (Å²) >= 11 is 0. The van der Waals surface area contributed by atoms with Gasteiger partial charge in [-0.1, -0.05) is 6.42 Å². The number of aliphatic hydroxyl groups excluding tert-OH is 4. The van der Waals surface area contributed by atoms with Crippen LogP contribution in [-0.4, -0.2) is 151 Å². The van der Waals surface area contributed by atoms with Crippen molar-refractivity contribution in [1.82, 2.24) is 20.4 Å². The Kier molecular flexibility index (Phi) is 12.9. The predicted octanol–water partition coefficient (Wildman–Crippen LogP) is 0.413. The van der Waals surface area contributed by atoms with Crippen molar-refractivity contribution in [2.75, 3.05) is 39.3 Å². The van der Waals surface area contributed by atoms with Gasteiger partial charge in [-0.25, -0.2) is 9.59 Å². The number of hydrogen-bond acceptors (Lipinski definition) is 12. The van der Waals surface area contributed by atoms with E-state index in [0.29, 0.717) is 24.1 Å². The van der Waals surface area contributed by atoms with E-state index in [0.717, 1.165) is 12.8 Å². The fraction of sp³-hybridized carbons (Fsp3) is 0.722. The number of ether oxygens (including phenoxy) is 2. The lowest BCUT2D eigenvalue weighted by atomic mass is 9.77. The molecular weight excluding hydrogens is 680 g/mol. The fourth-order valence-corrected chi connectivity index (χ4v) is 7.95. The quantitative estimate of drug-likeness (QED) is 0.154. The Hall–Kier alpha value is -3.54. The van der Waals surface area contributed by atoms with Crippen LogP contribution in [0.2, 0.25) is 0 Å². The van der Waals surface area contributed by atoms with Crippen LogP contribution in [0.4, 0.5) is 4.79 Å². The molecule has 0 aliphatic carbocycles. The van der Waals surface area contributed by atoms with Gasteiger partial charge in [0.05, 0.1) is 18.2 Å². The van der Waals surface area contributed by atoms with E-state index < -0.39 is 84.0 Å². The van der Waals surface area contributed by atoms with Gasteiger partial charge >= 0.3 is 12.1 Å². The van der Waals surface area contributed by atoms with Crippen molar-refractivity contribution >= 4 is 23.9 Å². The molecule has 3 saturated heterocycles. The third kappa shape index (κ3) is 8.97. The van der Waals surface area contributed by atoms with Crippen molar-refractivity contribution in [2.24, 2.45) is 5.92 Å². The zero-order valence-electron chi connectivity index (χ0n) is 30.9. The molecule has 292 valence electrons. The number of benzene rings is 1. The van der Waals surface area contributed by atoms with Gasteiger partial charge in [0.2, 0.25) is 5.91 Å². The van der Waals surface area contributed by atoms with Gasteiger partial charge in [0.15, 0.2) is 5.60 Å². The molecule has 0 aromatic heterocycles. The standard InChI is InChI=1S/C36H56N4O12/c1-20-13-23(14-21(2)28(20)45)31(47)37-16-26(44)29(46)30-27(38-22(3)42)25(43)15-36(51-30,32(48)49)10-12-40-11-8-7-9-35(40)19-39(17-24(35)18-41)33(50)52-34(4,5)6/h13-14,24-27,29-30,41,43-46H,7-12,15-19H2,1-6H3,(H,37,47)(H,38,42)(H,48,49)/t24-,25-,26+,27+,29+,30+,35-,36+/m0/s1.